The van der Waals surface area contributed by atoms with Crippen molar-refractivity contribution in [2.75, 3.05) is 7.05 Å². The number of thiophene rings is 1. The molecule has 0 aromatic carbocycles. The largest absolute Gasteiger partial charge is 0.336 e. The summed E-state index contributed by atoms with van der Waals surface area (Å²) in [6.07, 6.45) is 6.01. The van der Waals surface area contributed by atoms with Crippen molar-refractivity contribution in [2.24, 2.45) is 7.05 Å². The fourth-order valence-corrected chi connectivity index (χ4v) is 2.59. The van der Waals surface area contributed by atoms with E-state index in [-0.39, 0.29) is 0 Å². The second-order valence-electron chi connectivity index (χ2n) is 3.94. The van der Waals surface area contributed by atoms with Gasteiger partial charge in [-0.1, -0.05) is 0 Å². The smallest absolute Gasteiger partial charge is 0.0946 e. The van der Waals surface area contributed by atoms with Crippen LogP contribution in [-0.4, -0.2) is 16.6 Å². The summed E-state index contributed by atoms with van der Waals surface area (Å²) in [6.45, 7) is 0. The van der Waals surface area contributed by atoms with E-state index in [0.29, 0.717) is 6.04 Å². The van der Waals surface area contributed by atoms with Crippen LogP contribution >= 0.6 is 11.3 Å². The quantitative estimate of drug-likeness (QED) is 0.862. The molecule has 0 fully saturated rings. The lowest BCUT2D eigenvalue weighted by molar-refractivity contribution is 0.520. The van der Waals surface area contributed by atoms with Gasteiger partial charge in [-0.25, -0.2) is 4.98 Å². The van der Waals surface area contributed by atoms with Crippen LogP contribution in [0.25, 0.3) is 0 Å². The van der Waals surface area contributed by atoms with E-state index < -0.39 is 0 Å². The van der Waals surface area contributed by atoms with Crippen LogP contribution in [0.15, 0.2) is 29.4 Å². The van der Waals surface area contributed by atoms with Gasteiger partial charge < -0.3 is 9.88 Å². The van der Waals surface area contributed by atoms with E-state index in [1.807, 2.05) is 26.6 Å². The van der Waals surface area contributed by atoms with E-state index in [0.717, 1.165) is 12.8 Å². The molecule has 3 nitrogen and oxygen atoms in total. The minimum atomic E-state index is 0.382. The average Bonchev–Trinajstić information content (AvgIpc) is 2.92. The Balaban J connectivity index is 1.99. The SMILES string of the molecule is CNC(CCc1ccsc1)c1cncn1C. The molecular weight excluding hydrogens is 218 g/mol. The number of aromatic nitrogens is 2. The summed E-state index contributed by atoms with van der Waals surface area (Å²) < 4.78 is 2.08. The minimum Gasteiger partial charge on any atom is -0.336 e. The standard InChI is InChI=1S/C12H17N3S/c1-13-11(12-7-14-9-15(12)2)4-3-10-5-6-16-8-10/h5-9,11,13H,3-4H2,1-2H3. The van der Waals surface area contributed by atoms with E-state index in [1.165, 1.54) is 11.3 Å². The van der Waals surface area contributed by atoms with Crippen molar-refractivity contribution < 1.29 is 0 Å². The van der Waals surface area contributed by atoms with Crippen molar-refractivity contribution in [3.05, 3.63) is 40.6 Å². The molecule has 2 aromatic heterocycles. The van der Waals surface area contributed by atoms with Crippen LogP contribution in [0.2, 0.25) is 0 Å². The van der Waals surface area contributed by atoms with Crippen LogP contribution in [0.5, 0.6) is 0 Å². The highest BCUT2D eigenvalue weighted by molar-refractivity contribution is 7.07. The van der Waals surface area contributed by atoms with E-state index >= 15 is 0 Å². The predicted molar refractivity (Wildman–Crippen MR) is 67.6 cm³/mol. The monoisotopic (exact) mass is 235 g/mol. The molecule has 2 rings (SSSR count). The third-order valence-corrected chi connectivity index (χ3v) is 3.59. The van der Waals surface area contributed by atoms with Gasteiger partial charge >= 0.3 is 0 Å². The van der Waals surface area contributed by atoms with Gasteiger partial charge in [-0.2, -0.15) is 11.3 Å². The number of nitrogens with zero attached hydrogens (tertiary/aromatic N) is 2. The van der Waals surface area contributed by atoms with Gasteiger partial charge in [0.2, 0.25) is 0 Å². The first-order valence-corrected chi connectivity index (χ1v) is 6.40. The third kappa shape index (κ3) is 2.51. The molecule has 16 heavy (non-hydrogen) atoms. The second-order valence-corrected chi connectivity index (χ2v) is 4.72. The molecule has 1 unspecified atom stereocenters. The van der Waals surface area contributed by atoms with Gasteiger partial charge in [-0.05, 0) is 42.3 Å². The van der Waals surface area contributed by atoms with Crippen LogP contribution < -0.4 is 5.32 Å². The van der Waals surface area contributed by atoms with E-state index in [1.54, 1.807) is 11.3 Å². The number of imidazole rings is 1. The van der Waals surface area contributed by atoms with Gasteiger partial charge in [-0.15, -0.1) is 0 Å². The fourth-order valence-electron chi connectivity index (χ4n) is 1.89. The lowest BCUT2D eigenvalue weighted by atomic mass is 10.1. The number of nitrogens with one attached hydrogen (secondary N) is 1. The molecule has 0 aliphatic rings. The number of aryl methyl sites for hydroxylation is 2. The summed E-state index contributed by atoms with van der Waals surface area (Å²) >= 11 is 1.76. The van der Waals surface area contributed by atoms with E-state index in [9.17, 15) is 0 Å². The van der Waals surface area contributed by atoms with Crippen LogP contribution in [0.3, 0.4) is 0 Å². The molecule has 2 aromatic rings. The highest BCUT2D eigenvalue weighted by atomic mass is 32.1. The fraction of sp³-hybridized carbons (Fsp3) is 0.417. The van der Waals surface area contributed by atoms with Gasteiger partial charge in [0.05, 0.1) is 12.0 Å². The normalized spacial score (nSPS) is 12.9. The Labute approximate surface area is 100 Å². The summed E-state index contributed by atoms with van der Waals surface area (Å²) in [7, 11) is 4.04. The molecule has 0 radical (unpaired) electrons. The van der Waals surface area contributed by atoms with Crippen LogP contribution in [0.4, 0.5) is 0 Å². The Bertz CT molecular complexity index is 419. The Hall–Kier alpha value is -1.13. The second kappa shape index (κ2) is 5.27. The zero-order valence-electron chi connectivity index (χ0n) is 9.68. The molecule has 86 valence electrons. The number of hydrogen-bond donors (Lipinski definition) is 1. The highest BCUT2D eigenvalue weighted by Crippen LogP contribution is 2.19. The maximum Gasteiger partial charge on any atom is 0.0946 e. The van der Waals surface area contributed by atoms with E-state index in [2.05, 4.69) is 31.7 Å². The van der Waals surface area contributed by atoms with Gasteiger partial charge in [0.25, 0.3) is 0 Å². The molecule has 0 amide bonds. The van der Waals surface area contributed by atoms with Crippen LogP contribution in [0, 0.1) is 0 Å². The van der Waals surface area contributed by atoms with Gasteiger partial charge in [0.1, 0.15) is 0 Å². The third-order valence-electron chi connectivity index (χ3n) is 2.86. The zero-order valence-corrected chi connectivity index (χ0v) is 10.5. The molecular formula is C12H17N3S. The lowest BCUT2D eigenvalue weighted by Crippen LogP contribution is -2.19. The first-order valence-electron chi connectivity index (χ1n) is 5.46. The summed E-state index contributed by atoms with van der Waals surface area (Å²) in [5.74, 6) is 0. The van der Waals surface area contributed by atoms with Gasteiger partial charge in [-0.3, -0.25) is 0 Å². The summed E-state index contributed by atoms with van der Waals surface area (Å²) in [5, 5.41) is 7.70. The van der Waals surface area contributed by atoms with Crippen molar-refractivity contribution in [3.8, 4) is 0 Å². The minimum absolute atomic E-state index is 0.382. The Kier molecular flexibility index (Phi) is 3.74. The summed E-state index contributed by atoms with van der Waals surface area (Å²) in [6, 6.07) is 2.58. The van der Waals surface area contributed by atoms with Crippen molar-refractivity contribution in [1.82, 2.24) is 14.9 Å². The first kappa shape index (κ1) is 11.4. The molecule has 0 bridgehead atoms. The Morgan fingerprint density at radius 3 is 3.00 bits per heavy atom. The molecule has 0 spiro atoms. The zero-order chi connectivity index (χ0) is 11.4. The van der Waals surface area contributed by atoms with Crippen LogP contribution in [0.1, 0.15) is 23.7 Å². The Morgan fingerprint density at radius 2 is 2.44 bits per heavy atom. The summed E-state index contributed by atoms with van der Waals surface area (Å²) in [4.78, 5) is 4.16. The van der Waals surface area contributed by atoms with Crippen molar-refractivity contribution in [1.29, 1.82) is 0 Å². The first-order chi connectivity index (χ1) is 7.81. The number of rotatable bonds is 5. The average molecular weight is 235 g/mol. The Morgan fingerprint density at radius 1 is 1.56 bits per heavy atom. The highest BCUT2D eigenvalue weighted by Gasteiger charge is 2.12. The topological polar surface area (TPSA) is 29.9 Å². The molecule has 4 heteroatoms. The molecule has 0 saturated carbocycles. The van der Waals surface area contributed by atoms with E-state index in [4.69, 9.17) is 0 Å². The molecule has 2 heterocycles. The predicted octanol–water partition coefficient (Wildman–Crippen LogP) is 2.37. The lowest BCUT2D eigenvalue weighted by Gasteiger charge is -2.16. The molecule has 1 N–H and O–H groups in total. The van der Waals surface area contributed by atoms with Gasteiger partial charge in [0, 0.05) is 19.3 Å². The molecule has 0 aliphatic carbocycles. The number of hydrogen-bond acceptors (Lipinski definition) is 3. The van der Waals surface area contributed by atoms with Gasteiger partial charge in [0.15, 0.2) is 0 Å². The van der Waals surface area contributed by atoms with Crippen molar-refractivity contribution >= 4 is 11.3 Å². The maximum atomic E-state index is 4.16. The molecule has 0 saturated heterocycles. The van der Waals surface area contributed by atoms with Crippen molar-refractivity contribution in [3.63, 3.8) is 0 Å². The van der Waals surface area contributed by atoms with Crippen molar-refractivity contribution in [2.45, 2.75) is 18.9 Å². The maximum absolute atomic E-state index is 4.16. The molecule has 1 atom stereocenters. The summed E-state index contributed by atoms with van der Waals surface area (Å²) in [5.41, 5.74) is 2.67. The molecule has 0 aliphatic heterocycles. The van der Waals surface area contributed by atoms with Crippen LogP contribution in [-0.2, 0) is 13.5 Å².